The van der Waals surface area contributed by atoms with Gasteiger partial charge in [-0.15, -0.1) is 0 Å². The van der Waals surface area contributed by atoms with E-state index in [0.717, 1.165) is 34.6 Å². The highest BCUT2D eigenvalue weighted by molar-refractivity contribution is 6.06. The minimum atomic E-state index is -0.0781. The fourth-order valence-corrected chi connectivity index (χ4v) is 3.43. The van der Waals surface area contributed by atoms with Gasteiger partial charge >= 0.3 is 0 Å². The summed E-state index contributed by atoms with van der Waals surface area (Å²) in [5.74, 6) is -0.0781. The Kier molecular flexibility index (Phi) is 3.28. The summed E-state index contributed by atoms with van der Waals surface area (Å²) in [6.07, 6.45) is 5.40. The van der Waals surface area contributed by atoms with Gasteiger partial charge in [-0.05, 0) is 18.2 Å². The summed E-state index contributed by atoms with van der Waals surface area (Å²) < 4.78 is 7.66. The molecule has 6 nitrogen and oxygen atoms in total. The Morgan fingerprint density at radius 2 is 2.00 bits per heavy atom. The summed E-state index contributed by atoms with van der Waals surface area (Å²) in [6.45, 7) is 1.36. The number of rotatable bonds is 3. The summed E-state index contributed by atoms with van der Waals surface area (Å²) >= 11 is 0. The molecule has 0 saturated carbocycles. The van der Waals surface area contributed by atoms with Crippen LogP contribution in [0.4, 0.5) is 11.4 Å². The molecule has 0 atom stereocenters. The molecule has 26 heavy (non-hydrogen) atoms. The molecule has 2 N–H and O–H groups in total. The number of furan rings is 1. The number of carbonyl (C=O) groups excluding carboxylic acids is 1. The lowest BCUT2D eigenvalue weighted by Crippen LogP contribution is -2.35. The Morgan fingerprint density at radius 1 is 1.12 bits per heavy atom. The minimum Gasteiger partial charge on any atom is -0.462 e. The average Bonchev–Trinajstić information content (AvgIpc) is 3.28. The van der Waals surface area contributed by atoms with Gasteiger partial charge in [-0.1, -0.05) is 18.2 Å². The highest BCUT2D eigenvalue weighted by atomic mass is 16.3. The standard InChI is InChI=1S/C20H16N4O2/c25-20-18-17(23-13-4-2-1-3-5-13)15(12-24(18)10-9-22-20)14-6-8-21-16-7-11-26-19(14)16/h1-8,11-12,23H,9-10H2,(H,22,25). The zero-order chi connectivity index (χ0) is 17.5. The molecule has 5 rings (SSSR count). The number of hydrogen-bond acceptors (Lipinski definition) is 4. The fourth-order valence-electron chi connectivity index (χ4n) is 3.43. The van der Waals surface area contributed by atoms with Gasteiger partial charge in [-0.2, -0.15) is 0 Å². The van der Waals surface area contributed by atoms with Gasteiger partial charge in [0.05, 0.1) is 12.0 Å². The van der Waals surface area contributed by atoms with Crippen molar-refractivity contribution in [1.29, 1.82) is 0 Å². The first-order chi connectivity index (χ1) is 12.8. The quantitative estimate of drug-likeness (QED) is 0.593. The van der Waals surface area contributed by atoms with Crippen molar-refractivity contribution in [3.63, 3.8) is 0 Å². The van der Waals surface area contributed by atoms with Crippen LogP contribution in [0, 0.1) is 0 Å². The lowest BCUT2D eigenvalue weighted by Gasteiger charge is -2.17. The predicted molar refractivity (Wildman–Crippen MR) is 99.5 cm³/mol. The molecule has 0 radical (unpaired) electrons. The van der Waals surface area contributed by atoms with Crippen LogP contribution >= 0.6 is 0 Å². The summed E-state index contributed by atoms with van der Waals surface area (Å²) in [7, 11) is 0. The fraction of sp³-hybridized carbons (Fsp3) is 0.100. The number of hydrogen-bond donors (Lipinski definition) is 2. The molecule has 4 aromatic rings. The number of fused-ring (bicyclic) bond motifs is 2. The Morgan fingerprint density at radius 3 is 2.88 bits per heavy atom. The first-order valence-electron chi connectivity index (χ1n) is 8.47. The molecule has 1 aromatic carbocycles. The van der Waals surface area contributed by atoms with Crippen molar-refractivity contribution in [2.75, 3.05) is 11.9 Å². The van der Waals surface area contributed by atoms with E-state index in [-0.39, 0.29) is 5.91 Å². The monoisotopic (exact) mass is 344 g/mol. The topological polar surface area (TPSA) is 72.1 Å². The van der Waals surface area contributed by atoms with E-state index in [9.17, 15) is 4.79 Å². The smallest absolute Gasteiger partial charge is 0.270 e. The number of nitrogens with one attached hydrogen (secondary N) is 2. The van der Waals surface area contributed by atoms with Crippen molar-refractivity contribution in [1.82, 2.24) is 14.9 Å². The van der Waals surface area contributed by atoms with Crippen LogP contribution < -0.4 is 10.6 Å². The molecule has 1 aliphatic heterocycles. The van der Waals surface area contributed by atoms with Crippen LogP contribution in [0.3, 0.4) is 0 Å². The van der Waals surface area contributed by atoms with Crippen molar-refractivity contribution < 1.29 is 9.21 Å². The minimum absolute atomic E-state index is 0.0781. The van der Waals surface area contributed by atoms with E-state index in [2.05, 4.69) is 15.6 Å². The summed E-state index contributed by atoms with van der Waals surface area (Å²) in [5.41, 5.74) is 5.67. The third-order valence-electron chi connectivity index (χ3n) is 4.61. The van der Waals surface area contributed by atoms with Crippen LogP contribution in [-0.4, -0.2) is 22.0 Å². The zero-order valence-corrected chi connectivity index (χ0v) is 13.9. The van der Waals surface area contributed by atoms with Gasteiger partial charge in [0.1, 0.15) is 11.2 Å². The molecule has 0 unspecified atom stereocenters. The molecule has 1 amide bonds. The Bertz CT molecular complexity index is 1110. The molecule has 0 bridgehead atoms. The largest absolute Gasteiger partial charge is 0.462 e. The second-order valence-corrected chi connectivity index (χ2v) is 6.20. The van der Waals surface area contributed by atoms with E-state index in [1.54, 1.807) is 12.5 Å². The SMILES string of the molecule is O=C1NCCn2cc(-c3ccnc4ccoc34)c(Nc3ccccc3)c21. The highest BCUT2D eigenvalue weighted by Gasteiger charge is 2.26. The van der Waals surface area contributed by atoms with E-state index < -0.39 is 0 Å². The molecule has 0 spiro atoms. The first kappa shape index (κ1) is 14.8. The molecular formula is C20H16N4O2. The Labute approximate surface area is 149 Å². The molecule has 128 valence electrons. The zero-order valence-electron chi connectivity index (χ0n) is 13.9. The second kappa shape index (κ2) is 5.77. The van der Waals surface area contributed by atoms with E-state index in [4.69, 9.17) is 4.42 Å². The van der Waals surface area contributed by atoms with Gasteiger partial charge in [-0.3, -0.25) is 9.78 Å². The molecule has 1 aliphatic rings. The lowest BCUT2D eigenvalue weighted by atomic mass is 10.1. The van der Waals surface area contributed by atoms with E-state index in [0.29, 0.717) is 17.8 Å². The maximum absolute atomic E-state index is 12.5. The third kappa shape index (κ3) is 2.27. The lowest BCUT2D eigenvalue weighted by molar-refractivity contribution is 0.0929. The molecule has 6 heteroatoms. The molecule has 4 heterocycles. The van der Waals surface area contributed by atoms with E-state index in [1.165, 1.54) is 0 Å². The van der Waals surface area contributed by atoms with Gasteiger partial charge < -0.3 is 19.6 Å². The Hall–Kier alpha value is -3.54. The summed E-state index contributed by atoms with van der Waals surface area (Å²) in [4.78, 5) is 16.9. The molecule has 0 aliphatic carbocycles. The van der Waals surface area contributed by atoms with E-state index >= 15 is 0 Å². The van der Waals surface area contributed by atoms with Crippen LogP contribution in [0.2, 0.25) is 0 Å². The Balaban J connectivity index is 1.75. The number of benzene rings is 1. The number of carbonyl (C=O) groups is 1. The van der Waals surface area contributed by atoms with Crippen LogP contribution in [0.25, 0.3) is 22.2 Å². The summed E-state index contributed by atoms with van der Waals surface area (Å²) in [6, 6.07) is 13.6. The first-order valence-corrected chi connectivity index (χ1v) is 8.47. The van der Waals surface area contributed by atoms with Gasteiger partial charge in [0.2, 0.25) is 0 Å². The van der Waals surface area contributed by atoms with Crippen molar-refractivity contribution >= 4 is 28.4 Å². The van der Waals surface area contributed by atoms with Crippen LogP contribution in [0.5, 0.6) is 0 Å². The van der Waals surface area contributed by atoms with Crippen LogP contribution in [0.15, 0.2) is 65.5 Å². The van der Waals surface area contributed by atoms with Gasteiger partial charge in [0, 0.05) is 48.4 Å². The van der Waals surface area contributed by atoms with Crippen LogP contribution in [0.1, 0.15) is 10.5 Å². The van der Waals surface area contributed by atoms with Crippen LogP contribution in [-0.2, 0) is 6.54 Å². The normalized spacial score (nSPS) is 13.5. The number of nitrogens with zero attached hydrogens (tertiary/aromatic N) is 2. The number of aromatic nitrogens is 2. The van der Waals surface area contributed by atoms with Gasteiger partial charge in [-0.25, -0.2) is 0 Å². The predicted octanol–water partition coefficient (Wildman–Crippen LogP) is 3.78. The van der Waals surface area contributed by atoms with Crippen molar-refractivity contribution in [2.45, 2.75) is 6.54 Å². The maximum atomic E-state index is 12.5. The molecule has 0 fully saturated rings. The number of amides is 1. The highest BCUT2D eigenvalue weighted by Crippen LogP contribution is 2.39. The molecular weight excluding hydrogens is 328 g/mol. The van der Waals surface area contributed by atoms with Crippen molar-refractivity contribution in [3.8, 4) is 11.1 Å². The molecule has 3 aromatic heterocycles. The summed E-state index contributed by atoms with van der Waals surface area (Å²) in [5, 5.41) is 6.35. The van der Waals surface area contributed by atoms with Gasteiger partial charge in [0.25, 0.3) is 5.91 Å². The van der Waals surface area contributed by atoms with E-state index in [1.807, 2.05) is 53.2 Å². The maximum Gasteiger partial charge on any atom is 0.270 e. The van der Waals surface area contributed by atoms with Crippen molar-refractivity contribution in [3.05, 3.63) is 66.8 Å². The average molecular weight is 344 g/mol. The number of pyridine rings is 1. The number of para-hydroxylation sites is 1. The second-order valence-electron chi connectivity index (χ2n) is 6.20. The number of anilines is 2. The third-order valence-corrected chi connectivity index (χ3v) is 4.61. The molecule has 0 saturated heterocycles. The van der Waals surface area contributed by atoms with Crippen molar-refractivity contribution in [2.24, 2.45) is 0 Å². The van der Waals surface area contributed by atoms with Gasteiger partial charge in [0.15, 0.2) is 5.58 Å².